The Labute approximate surface area is 135 Å². The van der Waals surface area contributed by atoms with E-state index in [4.69, 9.17) is 0 Å². The minimum absolute atomic E-state index is 0.0419. The summed E-state index contributed by atoms with van der Waals surface area (Å²) in [6.45, 7) is 3.13. The molecule has 0 aliphatic heterocycles. The molecule has 0 bridgehead atoms. The zero-order valence-corrected chi connectivity index (χ0v) is 15.0. The zero-order chi connectivity index (χ0) is 13.8. The third-order valence-electron chi connectivity index (χ3n) is 3.75. The zero-order valence-electron chi connectivity index (χ0n) is 11.0. The first-order chi connectivity index (χ1) is 9.06. The number of thiophene rings is 1. The van der Waals surface area contributed by atoms with Gasteiger partial charge >= 0.3 is 0 Å². The molecule has 2 nitrogen and oxygen atoms in total. The lowest BCUT2D eigenvalue weighted by molar-refractivity contribution is 0.0953. The lowest BCUT2D eigenvalue weighted by Gasteiger charge is -2.26. The van der Waals surface area contributed by atoms with Gasteiger partial charge in [-0.05, 0) is 62.6 Å². The van der Waals surface area contributed by atoms with E-state index in [1.807, 2.05) is 6.07 Å². The van der Waals surface area contributed by atoms with Gasteiger partial charge < -0.3 is 5.32 Å². The van der Waals surface area contributed by atoms with Gasteiger partial charge in [0, 0.05) is 11.0 Å². The summed E-state index contributed by atoms with van der Waals surface area (Å²) in [7, 11) is 0. The summed E-state index contributed by atoms with van der Waals surface area (Å²) in [6.07, 6.45) is 6.50. The number of hydrogen-bond donors (Lipinski definition) is 1. The summed E-state index contributed by atoms with van der Waals surface area (Å²) < 4.78 is 1.92. The van der Waals surface area contributed by atoms with Crippen LogP contribution in [0.3, 0.4) is 0 Å². The number of amides is 1. The van der Waals surface area contributed by atoms with Crippen LogP contribution in [0.2, 0.25) is 0 Å². The SMILES string of the molecule is CC1CCCC(CCNC(=O)c2cc(Br)c(Br)s2)C1. The Kier molecular flexibility index (Phi) is 5.90. The van der Waals surface area contributed by atoms with Gasteiger partial charge in [-0.2, -0.15) is 0 Å². The van der Waals surface area contributed by atoms with E-state index in [2.05, 4.69) is 44.1 Å². The fourth-order valence-corrected chi connectivity index (χ4v) is 4.71. The Hall–Kier alpha value is 0.130. The first-order valence-corrected chi connectivity index (χ1v) is 9.19. The van der Waals surface area contributed by atoms with Gasteiger partial charge in [0.15, 0.2) is 0 Å². The van der Waals surface area contributed by atoms with Crippen molar-refractivity contribution in [3.8, 4) is 0 Å². The van der Waals surface area contributed by atoms with Crippen LogP contribution in [0, 0.1) is 11.8 Å². The van der Waals surface area contributed by atoms with E-state index in [9.17, 15) is 4.79 Å². The normalized spacial score (nSPS) is 23.3. The second-order valence-electron chi connectivity index (χ2n) is 5.41. The topological polar surface area (TPSA) is 29.1 Å². The Morgan fingerprint density at radius 3 is 2.89 bits per heavy atom. The maximum absolute atomic E-state index is 12.0. The minimum Gasteiger partial charge on any atom is -0.351 e. The molecule has 1 aromatic rings. The van der Waals surface area contributed by atoms with Gasteiger partial charge in [-0.15, -0.1) is 11.3 Å². The Balaban J connectivity index is 1.74. The molecular weight excluding hydrogens is 390 g/mol. The van der Waals surface area contributed by atoms with Gasteiger partial charge in [0.05, 0.1) is 8.66 Å². The molecule has 1 N–H and O–H groups in total. The molecule has 0 spiro atoms. The van der Waals surface area contributed by atoms with Crippen molar-refractivity contribution in [3.05, 3.63) is 19.2 Å². The largest absolute Gasteiger partial charge is 0.351 e. The lowest BCUT2D eigenvalue weighted by Crippen LogP contribution is -2.26. The highest BCUT2D eigenvalue weighted by Gasteiger charge is 2.19. The summed E-state index contributed by atoms with van der Waals surface area (Å²) in [5, 5.41) is 3.03. The third kappa shape index (κ3) is 4.57. The van der Waals surface area contributed by atoms with E-state index in [1.54, 1.807) is 0 Å². The van der Waals surface area contributed by atoms with Crippen molar-refractivity contribution < 1.29 is 4.79 Å². The van der Waals surface area contributed by atoms with Crippen LogP contribution in [0.1, 0.15) is 48.7 Å². The molecule has 2 rings (SSSR count). The predicted octanol–water partition coefficient (Wildman–Crippen LogP) is 5.22. The highest BCUT2D eigenvalue weighted by atomic mass is 79.9. The van der Waals surface area contributed by atoms with E-state index >= 15 is 0 Å². The number of carbonyl (C=O) groups excluding carboxylic acids is 1. The smallest absolute Gasteiger partial charge is 0.261 e. The van der Waals surface area contributed by atoms with E-state index < -0.39 is 0 Å². The van der Waals surface area contributed by atoms with Crippen LogP contribution in [0.5, 0.6) is 0 Å². The molecule has 1 aromatic heterocycles. The number of hydrogen-bond acceptors (Lipinski definition) is 2. The molecule has 1 aliphatic rings. The van der Waals surface area contributed by atoms with Gasteiger partial charge in [0.2, 0.25) is 0 Å². The number of nitrogens with one attached hydrogen (secondary N) is 1. The van der Waals surface area contributed by atoms with Gasteiger partial charge in [-0.1, -0.05) is 26.2 Å². The van der Waals surface area contributed by atoms with Crippen LogP contribution in [0.4, 0.5) is 0 Å². The molecular formula is C14H19Br2NOS. The van der Waals surface area contributed by atoms with Gasteiger partial charge in [-0.25, -0.2) is 0 Å². The van der Waals surface area contributed by atoms with Crippen molar-refractivity contribution >= 4 is 49.1 Å². The second-order valence-corrected chi connectivity index (χ2v) is 8.64. The molecule has 19 heavy (non-hydrogen) atoms. The summed E-state index contributed by atoms with van der Waals surface area (Å²) in [5.41, 5.74) is 0. The molecule has 2 unspecified atom stereocenters. The molecule has 0 aromatic carbocycles. The molecule has 1 heterocycles. The van der Waals surface area contributed by atoms with Gasteiger partial charge in [-0.3, -0.25) is 4.79 Å². The quantitative estimate of drug-likeness (QED) is 0.726. The predicted molar refractivity (Wildman–Crippen MR) is 87.8 cm³/mol. The molecule has 2 atom stereocenters. The van der Waals surface area contributed by atoms with Crippen molar-refractivity contribution in [1.82, 2.24) is 5.32 Å². The number of carbonyl (C=O) groups is 1. The van der Waals surface area contributed by atoms with Crippen molar-refractivity contribution in [2.75, 3.05) is 6.54 Å². The van der Waals surface area contributed by atoms with Gasteiger partial charge in [0.25, 0.3) is 5.91 Å². The van der Waals surface area contributed by atoms with Gasteiger partial charge in [0.1, 0.15) is 0 Å². The van der Waals surface area contributed by atoms with E-state index in [0.29, 0.717) is 0 Å². The maximum Gasteiger partial charge on any atom is 0.261 e. The number of rotatable bonds is 4. The van der Waals surface area contributed by atoms with Crippen LogP contribution in [0.15, 0.2) is 14.3 Å². The molecule has 1 amide bonds. The van der Waals surface area contributed by atoms with Crippen LogP contribution in [-0.4, -0.2) is 12.5 Å². The molecule has 0 saturated heterocycles. The van der Waals surface area contributed by atoms with Crippen LogP contribution < -0.4 is 5.32 Å². The first kappa shape index (κ1) is 15.5. The second kappa shape index (κ2) is 7.23. The average Bonchev–Trinajstić information content (AvgIpc) is 2.70. The van der Waals surface area contributed by atoms with Crippen molar-refractivity contribution in [1.29, 1.82) is 0 Å². The van der Waals surface area contributed by atoms with E-state index in [0.717, 1.165) is 37.9 Å². The van der Waals surface area contributed by atoms with E-state index in [1.165, 1.54) is 37.0 Å². The molecule has 106 valence electrons. The Bertz CT molecular complexity index is 427. The molecule has 5 heteroatoms. The average molecular weight is 409 g/mol. The number of halogens is 2. The highest BCUT2D eigenvalue weighted by Crippen LogP contribution is 2.32. The van der Waals surface area contributed by atoms with Crippen LogP contribution >= 0.6 is 43.2 Å². The standard InChI is InChI=1S/C14H19Br2NOS/c1-9-3-2-4-10(7-9)5-6-17-14(18)12-8-11(15)13(16)19-12/h8-10H,2-7H2,1H3,(H,17,18). The Morgan fingerprint density at radius 1 is 1.47 bits per heavy atom. The van der Waals surface area contributed by atoms with Crippen LogP contribution in [0.25, 0.3) is 0 Å². The third-order valence-corrected chi connectivity index (χ3v) is 7.01. The fourth-order valence-electron chi connectivity index (χ4n) is 2.76. The highest BCUT2D eigenvalue weighted by molar-refractivity contribution is 9.13. The van der Waals surface area contributed by atoms with E-state index in [-0.39, 0.29) is 5.91 Å². The molecule has 1 aliphatic carbocycles. The van der Waals surface area contributed by atoms with Crippen molar-refractivity contribution in [2.24, 2.45) is 11.8 Å². The summed E-state index contributed by atoms with van der Waals surface area (Å²) in [5.74, 6) is 1.70. The minimum atomic E-state index is 0.0419. The summed E-state index contributed by atoms with van der Waals surface area (Å²) >= 11 is 8.29. The Morgan fingerprint density at radius 2 is 2.26 bits per heavy atom. The summed E-state index contributed by atoms with van der Waals surface area (Å²) in [4.78, 5) is 12.7. The molecule has 1 fully saturated rings. The summed E-state index contributed by atoms with van der Waals surface area (Å²) in [6, 6.07) is 1.87. The lowest BCUT2D eigenvalue weighted by atomic mass is 9.81. The van der Waals surface area contributed by atoms with Crippen molar-refractivity contribution in [2.45, 2.75) is 39.0 Å². The van der Waals surface area contributed by atoms with Crippen molar-refractivity contribution in [3.63, 3.8) is 0 Å². The van der Waals surface area contributed by atoms with Crippen LogP contribution in [-0.2, 0) is 0 Å². The molecule has 1 saturated carbocycles. The molecule has 0 radical (unpaired) electrons. The fraction of sp³-hybridized carbons (Fsp3) is 0.643. The maximum atomic E-state index is 12.0. The monoisotopic (exact) mass is 407 g/mol. The first-order valence-electron chi connectivity index (χ1n) is 6.79.